The lowest BCUT2D eigenvalue weighted by Gasteiger charge is -2.00. The largest absolute Gasteiger partial charge is 0.131 e. The van der Waals surface area contributed by atoms with Gasteiger partial charge in [-0.3, -0.25) is 0 Å². The highest BCUT2D eigenvalue weighted by Crippen LogP contribution is 2.30. The van der Waals surface area contributed by atoms with Crippen molar-refractivity contribution in [2.75, 3.05) is 0 Å². The lowest BCUT2D eigenvalue weighted by atomic mass is 9.39. The van der Waals surface area contributed by atoms with Crippen LogP contribution in [0, 0.1) is 0 Å². The molecule has 1 aliphatic heterocycles. The van der Waals surface area contributed by atoms with E-state index in [4.69, 9.17) is 0 Å². The molecule has 1 radical (unpaired) electrons. The maximum absolute atomic E-state index is 2.46. The van der Waals surface area contributed by atoms with Gasteiger partial charge in [-0.1, -0.05) is 38.5 Å². The van der Waals surface area contributed by atoms with Crippen molar-refractivity contribution in [3.05, 3.63) is 0 Å². The van der Waals surface area contributed by atoms with Gasteiger partial charge >= 0.3 is 0 Å². The Labute approximate surface area is 53.4 Å². The highest BCUT2D eigenvalue weighted by molar-refractivity contribution is 6.76. The number of hydrogen-bond acceptors (Lipinski definition) is 0. The van der Waals surface area contributed by atoms with E-state index in [1.54, 1.807) is 0 Å². The van der Waals surface area contributed by atoms with Crippen LogP contribution in [0.15, 0.2) is 0 Å². The van der Waals surface area contributed by atoms with E-state index in [1.807, 2.05) is 0 Å². The average Bonchev–Trinajstić information content (AvgIpc) is 1.85. The Hall–Kier alpha value is 0.130. The van der Waals surface area contributed by atoms with Gasteiger partial charge in [0.25, 0.3) is 0 Å². The van der Waals surface area contributed by atoms with Crippen LogP contribution in [0.1, 0.15) is 13.8 Å². The van der Waals surface area contributed by atoms with Crippen LogP contribution in [-0.2, 0) is 0 Å². The molecule has 0 aliphatic carbocycles. The van der Waals surface area contributed by atoms with Gasteiger partial charge in [-0.25, -0.2) is 0 Å². The van der Waals surface area contributed by atoms with Crippen molar-refractivity contribution < 1.29 is 0 Å². The summed E-state index contributed by atoms with van der Waals surface area (Å²) in [6.07, 6.45) is 1.40. The normalized spacial score (nSPS) is 37.6. The maximum atomic E-state index is 2.46. The molecule has 1 fully saturated rings. The predicted octanol–water partition coefficient (Wildman–Crippen LogP) is 1.98. The van der Waals surface area contributed by atoms with E-state index in [9.17, 15) is 0 Å². The third-order valence-corrected chi connectivity index (χ3v) is 2.27. The van der Waals surface area contributed by atoms with E-state index in [0.29, 0.717) is 0 Å². The van der Waals surface area contributed by atoms with Crippen molar-refractivity contribution in [2.45, 2.75) is 38.5 Å². The van der Waals surface area contributed by atoms with Gasteiger partial charge in [0.2, 0.25) is 0 Å². The fourth-order valence-electron chi connectivity index (χ4n) is 1.59. The fraction of sp³-hybridized carbons (Fsp3) is 1.00. The van der Waals surface area contributed by atoms with E-state index < -0.39 is 0 Å². The minimum absolute atomic E-state index is 0.866. The molecule has 8 heavy (non-hydrogen) atoms. The molecule has 43 valence electrons. The van der Waals surface area contributed by atoms with Crippen molar-refractivity contribution in [1.29, 1.82) is 0 Å². The van der Waals surface area contributed by atoms with E-state index in [2.05, 4.69) is 28.0 Å². The lowest BCUT2D eigenvalue weighted by molar-refractivity contribution is 1.06. The minimum atomic E-state index is 0.866. The Bertz CT molecular complexity index is 72.6. The molecule has 0 aromatic heterocycles. The second-order valence-electron chi connectivity index (χ2n) is 3.24. The summed E-state index contributed by atoms with van der Waals surface area (Å²) < 4.78 is 0. The molecule has 1 aliphatic rings. The SMILES string of the molecule is CB1CC(C)[B]C1C. The second kappa shape index (κ2) is 2.16. The summed E-state index contributed by atoms with van der Waals surface area (Å²) in [7, 11) is 2.46. The third kappa shape index (κ3) is 1.10. The standard InChI is InChI=1S/C6H13B2/c1-5-4-8(3)6(2)7-5/h5-6H,4H2,1-3H3. The highest BCUT2D eigenvalue weighted by atomic mass is 14.0. The van der Waals surface area contributed by atoms with Gasteiger partial charge in [0.05, 0.1) is 0 Å². The molecule has 0 amide bonds. The van der Waals surface area contributed by atoms with Crippen molar-refractivity contribution >= 4 is 14.0 Å². The molecule has 0 nitrogen and oxygen atoms in total. The molecule has 0 aromatic carbocycles. The highest BCUT2D eigenvalue weighted by Gasteiger charge is 2.28. The maximum Gasteiger partial charge on any atom is 0.131 e. The van der Waals surface area contributed by atoms with Crippen LogP contribution in [0.2, 0.25) is 24.7 Å². The first-order chi connectivity index (χ1) is 3.70. The topological polar surface area (TPSA) is 0 Å². The quantitative estimate of drug-likeness (QED) is 0.415. The number of rotatable bonds is 0. The van der Waals surface area contributed by atoms with Crippen molar-refractivity contribution in [1.82, 2.24) is 0 Å². The predicted molar refractivity (Wildman–Crippen MR) is 41.0 cm³/mol. The van der Waals surface area contributed by atoms with E-state index in [-0.39, 0.29) is 0 Å². The molecule has 0 bridgehead atoms. The first-order valence-electron chi connectivity index (χ1n) is 3.55. The van der Waals surface area contributed by atoms with Crippen LogP contribution < -0.4 is 0 Å². The van der Waals surface area contributed by atoms with Gasteiger partial charge in [-0.05, 0) is 0 Å². The van der Waals surface area contributed by atoms with Crippen LogP contribution >= 0.6 is 0 Å². The monoisotopic (exact) mass is 107 g/mol. The zero-order valence-electron chi connectivity index (χ0n) is 6.02. The Morgan fingerprint density at radius 2 is 2.12 bits per heavy atom. The summed E-state index contributed by atoms with van der Waals surface area (Å²) in [6.45, 7) is 7.89. The molecule has 2 heteroatoms. The summed E-state index contributed by atoms with van der Waals surface area (Å²) in [5, 5.41) is 0. The van der Waals surface area contributed by atoms with Crippen molar-refractivity contribution in [2.24, 2.45) is 0 Å². The molecule has 1 saturated heterocycles. The third-order valence-electron chi connectivity index (χ3n) is 2.27. The van der Waals surface area contributed by atoms with Crippen molar-refractivity contribution in [3.63, 3.8) is 0 Å². The van der Waals surface area contributed by atoms with Crippen LogP contribution in [0.4, 0.5) is 0 Å². The molecule has 0 spiro atoms. The first kappa shape index (κ1) is 6.25. The lowest BCUT2D eigenvalue weighted by Crippen LogP contribution is -2.07. The minimum Gasteiger partial charge on any atom is -0.0916 e. The summed E-state index contributed by atoms with van der Waals surface area (Å²) in [4.78, 5) is 0. The summed E-state index contributed by atoms with van der Waals surface area (Å²) >= 11 is 0. The summed E-state index contributed by atoms with van der Waals surface area (Å²) in [5.41, 5.74) is 0.866. The van der Waals surface area contributed by atoms with Gasteiger partial charge < -0.3 is 0 Å². The zero-order chi connectivity index (χ0) is 6.15. The van der Waals surface area contributed by atoms with Crippen LogP contribution in [0.3, 0.4) is 0 Å². The average molecular weight is 107 g/mol. The summed E-state index contributed by atoms with van der Waals surface area (Å²) in [6, 6.07) is 0. The van der Waals surface area contributed by atoms with Gasteiger partial charge in [0.15, 0.2) is 0 Å². The molecule has 0 saturated carbocycles. The van der Waals surface area contributed by atoms with Gasteiger partial charge in [-0.15, -0.1) is 0 Å². The Kier molecular flexibility index (Phi) is 1.69. The molecule has 1 rings (SSSR count). The van der Waals surface area contributed by atoms with Gasteiger partial charge in [-0.2, -0.15) is 0 Å². The molecule has 0 aromatic rings. The molecule has 2 atom stereocenters. The molecule has 0 N–H and O–H groups in total. The first-order valence-corrected chi connectivity index (χ1v) is 3.55. The smallest absolute Gasteiger partial charge is 0.0916 e. The van der Waals surface area contributed by atoms with Crippen LogP contribution in [0.5, 0.6) is 0 Å². The molecular formula is C6H13B2. The van der Waals surface area contributed by atoms with Gasteiger partial charge in [0, 0.05) is 0 Å². The molecule has 1 heterocycles. The van der Waals surface area contributed by atoms with Crippen molar-refractivity contribution in [3.8, 4) is 0 Å². The van der Waals surface area contributed by atoms with Gasteiger partial charge in [0.1, 0.15) is 14.0 Å². The Morgan fingerprint density at radius 1 is 1.50 bits per heavy atom. The zero-order valence-corrected chi connectivity index (χ0v) is 6.02. The van der Waals surface area contributed by atoms with E-state index in [0.717, 1.165) is 18.2 Å². The Morgan fingerprint density at radius 3 is 2.25 bits per heavy atom. The Balaban J connectivity index is 2.39. The van der Waals surface area contributed by atoms with E-state index in [1.165, 1.54) is 6.32 Å². The summed E-state index contributed by atoms with van der Waals surface area (Å²) in [5.74, 6) is 0.875. The molecular weight excluding hydrogens is 93.7 g/mol. The second-order valence-corrected chi connectivity index (χ2v) is 3.24. The van der Waals surface area contributed by atoms with Crippen LogP contribution in [0.25, 0.3) is 0 Å². The van der Waals surface area contributed by atoms with Crippen LogP contribution in [-0.4, -0.2) is 14.0 Å². The fourth-order valence-corrected chi connectivity index (χ4v) is 1.59. The number of hydrogen-bond donors (Lipinski definition) is 0. The molecule has 2 unspecified atom stereocenters. The van der Waals surface area contributed by atoms with E-state index >= 15 is 0 Å².